The Morgan fingerprint density at radius 3 is 2.68 bits per heavy atom. The Hall–Kier alpha value is -2.79. The van der Waals surface area contributed by atoms with E-state index < -0.39 is 5.82 Å². The first-order chi connectivity index (χ1) is 18.5. The molecule has 2 aliphatic rings. The van der Waals surface area contributed by atoms with Crippen molar-refractivity contribution in [2.75, 3.05) is 63.1 Å². The van der Waals surface area contributed by atoms with Crippen LogP contribution in [0.4, 0.5) is 15.3 Å². The van der Waals surface area contributed by atoms with Gasteiger partial charge in [-0.2, -0.15) is 9.97 Å². The van der Waals surface area contributed by atoms with Crippen molar-refractivity contribution in [3.63, 3.8) is 0 Å². The number of piperidine rings is 1. The van der Waals surface area contributed by atoms with E-state index in [1.165, 1.54) is 11.3 Å². The molecule has 6 rings (SSSR count). The van der Waals surface area contributed by atoms with Crippen LogP contribution in [0.15, 0.2) is 24.3 Å². The molecule has 0 aliphatic carbocycles. The van der Waals surface area contributed by atoms with Crippen molar-refractivity contribution in [1.82, 2.24) is 25.2 Å². The average Bonchev–Trinajstić information content (AvgIpc) is 3.33. The number of nitrogen functional groups attached to an aromatic ring is 1. The maximum atomic E-state index is 16.4. The molecule has 2 aromatic carbocycles. The molecule has 0 amide bonds. The molecule has 38 heavy (non-hydrogen) atoms. The molecule has 200 valence electrons. The molecular weight excluding hydrogens is 525 g/mol. The molecule has 2 aliphatic heterocycles. The minimum absolute atomic E-state index is 0.198. The van der Waals surface area contributed by atoms with Crippen LogP contribution in [0.5, 0.6) is 6.01 Å². The highest BCUT2D eigenvalue weighted by Crippen LogP contribution is 2.42. The number of para-hydroxylation sites is 1. The summed E-state index contributed by atoms with van der Waals surface area (Å²) in [4.78, 5) is 18.4. The summed E-state index contributed by atoms with van der Waals surface area (Å²) in [6, 6.07) is 7.56. The number of halogens is 2. The van der Waals surface area contributed by atoms with E-state index in [1.54, 1.807) is 6.07 Å². The highest BCUT2D eigenvalue weighted by molar-refractivity contribution is 7.22. The van der Waals surface area contributed by atoms with Gasteiger partial charge in [0.2, 0.25) is 0 Å². The number of nitrogens with two attached hydrogens (primary N) is 1. The number of hydrogen-bond donors (Lipinski definition) is 2. The van der Waals surface area contributed by atoms with Gasteiger partial charge in [-0.15, -0.1) is 0 Å². The lowest BCUT2D eigenvalue weighted by Crippen LogP contribution is -2.44. The van der Waals surface area contributed by atoms with Gasteiger partial charge in [0.05, 0.1) is 21.8 Å². The topological polar surface area (TPSA) is 92.4 Å². The van der Waals surface area contributed by atoms with Crippen molar-refractivity contribution in [3.05, 3.63) is 35.1 Å². The van der Waals surface area contributed by atoms with Gasteiger partial charge in [0.1, 0.15) is 11.3 Å². The van der Waals surface area contributed by atoms with Gasteiger partial charge in [0.15, 0.2) is 10.9 Å². The number of ether oxygens (including phenoxy) is 1. The molecule has 0 saturated carbocycles. The quantitative estimate of drug-likeness (QED) is 0.350. The minimum atomic E-state index is -0.508. The molecule has 2 fully saturated rings. The van der Waals surface area contributed by atoms with Crippen molar-refractivity contribution < 1.29 is 9.13 Å². The number of fused-ring (bicyclic) bond motifs is 2. The highest BCUT2D eigenvalue weighted by Gasteiger charge is 2.25. The molecule has 2 saturated heterocycles. The lowest BCUT2D eigenvalue weighted by Gasteiger charge is -2.31. The van der Waals surface area contributed by atoms with Crippen molar-refractivity contribution in [3.8, 4) is 17.1 Å². The molecular formula is C27H31ClFN7OS. The summed E-state index contributed by atoms with van der Waals surface area (Å²) >= 11 is 8.13. The van der Waals surface area contributed by atoms with E-state index in [1.807, 2.05) is 18.2 Å². The van der Waals surface area contributed by atoms with Gasteiger partial charge in [0, 0.05) is 42.7 Å². The number of aromatic nitrogens is 3. The Morgan fingerprint density at radius 1 is 1.13 bits per heavy atom. The summed E-state index contributed by atoms with van der Waals surface area (Å²) in [5.74, 6) is 0.570. The van der Waals surface area contributed by atoms with Crippen molar-refractivity contribution >= 4 is 55.0 Å². The van der Waals surface area contributed by atoms with E-state index in [2.05, 4.69) is 32.0 Å². The van der Waals surface area contributed by atoms with Gasteiger partial charge in [-0.05, 0) is 50.5 Å². The van der Waals surface area contributed by atoms with E-state index in [4.69, 9.17) is 27.1 Å². The highest BCUT2D eigenvalue weighted by atomic mass is 35.5. The number of benzene rings is 2. The van der Waals surface area contributed by atoms with Gasteiger partial charge in [-0.25, -0.2) is 9.37 Å². The molecule has 8 nitrogen and oxygen atoms in total. The van der Waals surface area contributed by atoms with Crippen LogP contribution in [-0.4, -0.2) is 72.3 Å². The predicted octanol–water partition coefficient (Wildman–Crippen LogP) is 4.80. The zero-order chi connectivity index (χ0) is 26.2. The van der Waals surface area contributed by atoms with Crippen LogP contribution < -0.4 is 20.7 Å². The van der Waals surface area contributed by atoms with Gasteiger partial charge in [0.25, 0.3) is 0 Å². The number of piperazine rings is 1. The van der Waals surface area contributed by atoms with Crippen LogP contribution in [0.1, 0.15) is 19.8 Å². The van der Waals surface area contributed by atoms with E-state index in [-0.39, 0.29) is 22.1 Å². The van der Waals surface area contributed by atoms with E-state index in [9.17, 15) is 0 Å². The normalized spacial score (nSPS) is 17.5. The third-order valence-electron chi connectivity index (χ3n) is 7.57. The second kappa shape index (κ2) is 10.8. The lowest BCUT2D eigenvalue weighted by atomic mass is 9.98. The van der Waals surface area contributed by atoms with Crippen LogP contribution in [-0.2, 0) is 0 Å². The predicted molar refractivity (Wildman–Crippen MR) is 153 cm³/mol. The smallest absolute Gasteiger partial charge is 0.319 e. The first-order valence-corrected chi connectivity index (χ1v) is 14.4. The lowest BCUT2D eigenvalue weighted by molar-refractivity contribution is 0.141. The summed E-state index contributed by atoms with van der Waals surface area (Å²) in [5, 5.41) is 4.64. The average molecular weight is 556 g/mol. The second-order valence-electron chi connectivity index (χ2n) is 9.90. The molecule has 0 atom stereocenters. The summed E-state index contributed by atoms with van der Waals surface area (Å²) in [6.07, 6.45) is 2.14. The fourth-order valence-electron chi connectivity index (χ4n) is 5.42. The standard InChI is InChI=1S/C27H31ClFN7OS/c1-2-35-10-6-16(7-11-35)15-37-27-33-24-18(25(34-27)36-12-8-31-9-13-36)14-19(28)21(22(24)29)17-4-3-5-20-23(17)32-26(30)38-20/h3-5,14,16,31H,2,6-13,15H2,1H3,(H2,30,32). The Labute approximate surface area is 230 Å². The number of nitrogens with zero attached hydrogens (tertiary/aromatic N) is 5. The van der Waals surface area contributed by atoms with E-state index in [0.717, 1.165) is 63.4 Å². The molecule has 0 bridgehead atoms. The first kappa shape index (κ1) is 25.5. The Kier molecular flexibility index (Phi) is 7.22. The maximum absolute atomic E-state index is 16.4. The van der Waals surface area contributed by atoms with Crippen LogP contribution >= 0.6 is 22.9 Å². The van der Waals surface area contributed by atoms with E-state index in [0.29, 0.717) is 39.9 Å². The molecule has 0 radical (unpaired) electrons. The fourth-order valence-corrected chi connectivity index (χ4v) is 6.47. The number of anilines is 2. The summed E-state index contributed by atoms with van der Waals surface area (Å²) in [7, 11) is 0. The van der Waals surface area contributed by atoms with Crippen molar-refractivity contribution in [2.24, 2.45) is 5.92 Å². The van der Waals surface area contributed by atoms with Gasteiger partial charge in [-0.1, -0.05) is 42.0 Å². The number of rotatable bonds is 6. The van der Waals surface area contributed by atoms with Gasteiger partial charge in [-0.3, -0.25) is 0 Å². The molecule has 4 aromatic rings. The van der Waals surface area contributed by atoms with Gasteiger partial charge < -0.3 is 25.6 Å². The number of nitrogens with one attached hydrogen (secondary N) is 1. The molecule has 3 N–H and O–H groups in total. The van der Waals surface area contributed by atoms with Crippen LogP contribution in [0.3, 0.4) is 0 Å². The number of hydrogen-bond acceptors (Lipinski definition) is 9. The molecule has 4 heterocycles. The second-order valence-corrected chi connectivity index (χ2v) is 11.4. The van der Waals surface area contributed by atoms with Crippen LogP contribution in [0.2, 0.25) is 5.02 Å². The van der Waals surface area contributed by atoms with Crippen molar-refractivity contribution in [2.45, 2.75) is 19.8 Å². The van der Waals surface area contributed by atoms with Crippen molar-refractivity contribution in [1.29, 1.82) is 0 Å². The summed E-state index contributed by atoms with van der Waals surface area (Å²) in [6.45, 7) is 9.05. The third-order valence-corrected chi connectivity index (χ3v) is 8.71. The Bertz CT molecular complexity index is 1470. The largest absolute Gasteiger partial charge is 0.463 e. The number of thiazole rings is 1. The Morgan fingerprint density at radius 2 is 1.92 bits per heavy atom. The zero-order valence-electron chi connectivity index (χ0n) is 21.3. The summed E-state index contributed by atoms with van der Waals surface area (Å²) in [5.41, 5.74) is 7.64. The summed E-state index contributed by atoms with van der Waals surface area (Å²) < 4.78 is 23.5. The SMILES string of the molecule is CCN1CCC(COc2nc(N3CCNCC3)c3cc(Cl)c(-c4cccc5sc(N)nc45)c(F)c3n2)CC1. The fraction of sp³-hybridized carbons (Fsp3) is 0.444. The van der Waals surface area contributed by atoms with Gasteiger partial charge >= 0.3 is 6.01 Å². The zero-order valence-corrected chi connectivity index (χ0v) is 22.9. The molecule has 0 spiro atoms. The third kappa shape index (κ3) is 4.86. The first-order valence-electron chi connectivity index (χ1n) is 13.2. The Balaban J connectivity index is 1.43. The van der Waals surface area contributed by atoms with Crippen LogP contribution in [0, 0.1) is 11.7 Å². The van der Waals surface area contributed by atoms with Crippen LogP contribution in [0.25, 0.3) is 32.2 Å². The molecule has 2 aromatic heterocycles. The number of likely N-dealkylation sites (tertiary alicyclic amines) is 1. The van der Waals surface area contributed by atoms with E-state index >= 15 is 4.39 Å². The monoisotopic (exact) mass is 555 g/mol. The molecule has 0 unspecified atom stereocenters. The minimum Gasteiger partial charge on any atom is -0.463 e. The molecule has 11 heteroatoms. The maximum Gasteiger partial charge on any atom is 0.319 e.